The summed E-state index contributed by atoms with van der Waals surface area (Å²) < 4.78 is 27.7. The third-order valence-electron chi connectivity index (χ3n) is 2.36. The Labute approximate surface area is 94.8 Å². The Morgan fingerprint density at radius 2 is 2.06 bits per heavy atom. The molecule has 0 radical (unpaired) electrons. The summed E-state index contributed by atoms with van der Waals surface area (Å²) in [6, 6.07) is 7.41. The van der Waals surface area contributed by atoms with Gasteiger partial charge in [0, 0.05) is 5.70 Å². The van der Waals surface area contributed by atoms with Crippen LogP contribution in [0.3, 0.4) is 0 Å². The zero-order chi connectivity index (χ0) is 11.6. The fourth-order valence-corrected chi connectivity index (χ4v) is 2.83. The third-order valence-corrected chi connectivity index (χ3v) is 3.79. The fourth-order valence-electron chi connectivity index (χ4n) is 1.59. The van der Waals surface area contributed by atoms with Gasteiger partial charge in [-0.1, -0.05) is 12.1 Å². The first-order valence-electron chi connectivity index (χ1n) is 4.90. The quantitative estimate of drug-likeness (QED) is 0.866. The number of benzene rings is 1. The van der Waals surface area contributed by atoms with Crippen molar-refractivity contribution in [1.29, 1.82) is 0 Å². The summed E-state index contributed by atoms with van der Waals surface area (Å²) in [6.45, 7) is 0. The lowest BCUT2D eigenvalue weighted by molar-refractivity contribution is 0.416. The molecule has 0 aliphatic carbocycles. The minimum Gasteiger partial charge on any atom is -0.495 e. The first-order valence-corrected chi connectivity index (χ1v) is 6.72. The molecule has 1 heterocycles. The van der Waals surface area contributed by atoms with Crippen LogP contribution in [0.15, 0.2) is 36.0 Å². The summed E-state index contributed by atoms with van der Waals surface area (Å²) in [5.74, 6) is 0.892. The summed E-state index contributed by atoms with van der Waals surface area (Å²) in [6.07, 6.45) is 1.70. The Morgan fingerprint density at radius 1 is 1.31 bits per heavy atom. The molecule has 2 rings (SSSR count). The van der Waals surface area contributed by atoms with Gasteiger partial charge < -0.3 is 10.1 Å². The standard InChI is InChI=1S/C11H13NO3S/c1-15-11-5-3-2-4-10(11)12-9-6-7-16(13,14)8-9/h2-6,12H,7-8H2,1H3. The van der Waals surface area contributed by atoms with Crippen LogP contribution in [0.5, 0.6) is 5.75 Å². The number of hydrogen-bond donors (Lipinski definition) is 1. The van der Waals surface area contributed by atoms with Crippen LogP contribution in [-0.4, -0.2) is 27.0 Å². The van der Waals surface area contributed by atoms with Crippen molar-refractivity contribution >= 4 is 15.5 Å². The zero-order valence-electron chi connectivity index (χ0n) is 8.93. The number of ether oxygens (including phenoxy) is 1. The smallest absolute Gasteiger partial charge is 0.159 e. The van der Waals surface area contributed by atoms with Gasteiger partial charge in [-0.3, -0.25) is 0 Å². The first kappa shape index (κ1) is 11.0. The van der Waals surface area contributed by atoms with E-state index in [0.717, 1.165) is 5.69 Å². The molecular formula is C11H13NO3S. The lowest BCUT2D eigenvalue weighted by Gasteiger charge is -2.10. The fraction of sp³-hybridized carbons (Fsp3) is 0.273. The van der Waals surface area contributed by atoms with Gasteiger partial charge in [-0.15, -0.1) is 0 Å². The van der Waals surface area contributed by atoms with Crippen LogP contribution in [0.25, 0.3) is 0 Å². The van der Waals surface area contributed by atoms with Gasteiger partial charge in [-0.25, -0.2) is 8.42 Å². The molecule has 0 saturated carbocycles. The number of anilines is 1. The molecule has 0 saturated heterocycles. The summed E-state index contributed by atoms with van der Waals surface area (Å²) in [7, 11) is -1.35. The maximum atomic E-state index is 11.3. The number of nitrogens with one attached hydrogen (secondary N) is 1. The van der Waals surface area contributed by atoms with Crippen LogP contribution < -0.4 is 10.1 Å². The molecule has 1 aliphatic heterocycles. The zero-order valence-corrected chi connectivity index (χ0v) is 9.75. The van der Waals surface area contributed by atoms with E-state index >= 15 is 0 Å². The second-order valence-corrected chi connectivity index (χ2v) is 5.72. The van der Waals surface area contributed by atoms with E-state index < -0.39 is 9.84 Å². The highest BCUT2D eigenvalue weighted by molar-refractivity contribution is 7.92. The third kappa shape index (κ3) is 2.36. The number of rotatable bonds is 3. The largest absolute Gasteiger partial charge is 0.495 e. The van der Waals surface area contributed by atoms with Crippen molar-refractivity contribution in [3.05, 3.63) is 36.0 Å². The molecule has 0 spiro atoms. The maximum Gasteiger partial charge on any atom is 0.159 e. The van der Waals surface area contributed by atoms with Crippen LogP contribution in [0.4, 0.5) is 5.69 Å². The van der Waals surface area contributed by atoms with E-state index in [1.54, 1.807) is 13.2 Å². The molecule has 86 valence electrons. The van der Waals surface area contributed by atoms with Crippen LogP contribution in [0, 0.1) is 0 Å². The van der Waals surface area contributed by atoms with Gasteiger partial charge in [0.15, 0.2) is 9.84 Å². The van der Waals surface area contributed by atoms with Gasteiger partial charge in [0.25, 0.3) is 0 Å². The average Bonchev–Trinajstić information content (AvgIpc) is 2.59. The van der Waals surface area contributed by atoms with E-state index in [0.29, 0.717) is 11.4 Å². The van der Waals surface area contributed by atoms with Crippen molar-refractivity contribution in [2.75, 3.05) is 23.9 Å². The highest BCUT2D eigenvalue weighted by atomic mass is 32.2. The lowest BCUT2D eigenvalue weighted by atomic mass is 10.3. The van der Waals surface area contributed by atoms with Gasteiger partial charge in [0.05, 0.1) is 24.3 Å². The Kier molecular flexibility index (Phi) is 2.87. The summed E-state index contributed by atoms with van der Waals surface area (Å²) in [5, 5.41) is 3.07. The van der Waals surface area contributed by atoms with Crippen molar-refractivity contribution < 1.29 is 13.2 Å². The van der Waals surface area contributed by atoms with Gasteiger partial charge in [-0.2, -0.15) is 0 Å². The van der Waals surface area contributed by atoms with E-state index in [2.05, 4.69) is 5.32 Å². The van der Waals surface area contributed by atoms with Crippen molar-refractivity contribution in [2.45, 2.75) is 0 Å². The van der Waals surface area contributed by atoms with Crippen molar-refractivity contribution in [3.63, 3.8) is 0 Å². The average molecular weight is 239 g/mol. The van der Waals surface area contributed by atoms with Gasteiger partial charge in [0.1, 0.15) is 5.75 Å². The molecule has 16 heavy (non-hydrogen) atoms. The van der Waals surface area contributed by atoms with Crippen LogP contribution in [0.1, 0.15) is 0 Å². The normalized spacial score (nSPS) is 17.9. The van der Waals surface area contributed by atoms with Gasteiger partial charge in [0.2, 0.25) is 0 Å². The molecule has 0 unspecified atom stereocenters. The van der Waals surface area contributed by atoms with E-state index in [1.165, 1.54) is 0 Å². The van der Waals surface area contributed by atoms with Gasteiger partial charge >= 0.3 is 0 Å². The Hall–Kier alpha value is -1.49. The Morgan fingerprint density at radius 3 is 2.69 bits per heavy atom. The van der Waals surface area contributed by atoms with Crippen LogP contribution in [0.2, 0.25) is 0 Å². The molecule has 1 N–H and O–H groups in total. The van der Waals surface area contributed by atoms with Crippen molar-refractivity contribution in [3.8, 4) is 5.75 Å². The van der Waals surface area contributed by atoms with E-state index in [-0.39, 0.29) is 11.5 Å². The molecule has 0 fully saturated rings. The monoisotopic (exact) mass is 239 g/mol. The molecule has 5 heteroatoms. The summed E-state index contributed by atoms with van der Waals surface area (Å²) in [5.41, 5.74) is 1.50. The highest BCUT2D eigenvalue weighted by Gasteiger charge is 2.20. The van der Waals surface area contributed by atoms with E-state index in [1.807, 2.05) is 24.3 Å². The lowest BCUT2D eigenvalue weighted by Crippen LogP contribution is -2.08. The minimum atomic E-state index is -2.93. The summed E-state index contributed by atoms with van der Waals surface area (Å²) >= 11 is 0. The molecule has 1 aliphatic rings. The summed E-state index contributed by atoms with van der Waals surface area (Å²) in [4.78, 5) is 0. The SMILES string of the molecule is COc1ccccc1NC1=CCS(=O)(=O)C1. The highest BCUT2D eigenvalue weighted by Crippen LogP contribution is 2.25. The number of hydrogen-bond acceptors (Lipinski definition) is 4. The van der Waals surface area contributed by atoms with Crippen LogP contribution >= 0.6 is 0 Å². The Balaban J connectivity index is 2.16. The van der Waals surface area contributed by atoms with Crippen molar-refractivity contribution in [1.82, 2.24) is 0 Å². The molecule has 4 nitrogen and oxygen atoms in total. The van der Waals surface area contributed by atoms with E-state index in [9.17, 15) is 8.42 Å². The van der Waals surface area contributed by atoms with Crippen LogP contribution in [-0.2, 0) is 9.84 Å². The maximum absolute atomic E-state index is 11.3. The molecule has 0 bridgehead atoms. The Bertz CT molecular complexity index is 520. The molecule has 1 aromatic rings. The number of sulfone groups is 1. The topological polar surface area (TPSA) is 55.4 Å². The minimum absolute atomic E-state index is 0.0745. The predicted octanol–water partition coefficient (Wildman–Crippen LogP) is 1.42. The molecule has 0 amide bonds. The number of methoxy groups -OCH3 is 1. The molecule has 0 aromatic heterocycles. The first-order chi connectivity index (χ1) is 7.61. The van der Waals surface area contributed by atoms with Gasteiger partial charge in [-0.05, 0) is 18.2 Å². The predicted molar refractivity (Wildman–Crippen MR) is 63.4 cm³/mol. The molecule has 0 atom stereocenters. The molecular weight excluding hydrogens is 226 g/mol. The van der Waals surface area contributed by atoms with E-state index in [4.69, 9.17) is 4.74 Å². The van der Waals surface area contributed by atoms with Crippen molar-refractivity contribution in [2.24, 2.45) is 0 Å². The second kappa shape index (κ2) is 4.17. The second-order valence-electron chi connectivity index (χ2n) is 3.61. The number of para-hydroxylation sites is 2. The molecule has 1 aromatic carbocycles.